The molecule has 1 aliphatic carbocycles. The summed E-state index contributed by atoms with van der Waals surface area (Å²) in [6, 6.07) is -1.19. The fourth-order valence-electron chi connectivity index (χ4n) is 1.58. The van der Waals surface area contributed by atoms with Gasteiger partial charge >= 0.3 is 12.0 Å². The van der Waals surface area contributed by atoms with Crippen LogP contribution < -0.4 is 16.0 Å². The summed E-state index contributed by atoms with van der Waals surface area (Å²) < 4.78 is 0. The molecule has 0 spiro atoms. The molecule has 0 heterocycles. The number of amides is 3. The van der Waals surface area contributed by atoms with Gasteiger partial charge in [-0.3, -0.25) is 4.79 Å². The quantitative estimate of drug-likeness (QED) is 0.362. The van der Waals surface area contributed by atoms with Crippen molar-refractivity contribution in [1.82, 2.24) is 16.0 Å². The molecule has 1 saturated carbocycles. The van der Waals surface area contributed by atoms with Crippen molar-refractivity contribution >= 4 is 17.9 Å². The molecule has 4 N–H and O–H groups in total. The predicted molar refractivity (Wildman–Crippen MR) is 73.2 cm³/mol. The monoisotopic (exact) mass is 283 g/mol. The minimum absolute atomic E-state index is 0.00946. The second kappa shape index (κ2) is 8.19. The van der Waals surface area contributed by atoms with Gasteiger partial charge in [0.2, 0.25) is 5.91 Å². The van der Waals surface area contributed by atoms with Gasteiger partial charge in [0.1, 0.15) is 6.04 Å². The number of nitrogens with one attached hydrogen (secondary N) is 3. The number of carbonyl (C=O) groups is 3. The molecule has 0 aromatic rings. The molecule has 7 heteroatoms. The summed E-state index contributed by atoms with van der Waals surface area (Å²) in [5, 5.41) is 16.5. The van der Waals surface area contributed by atoms with Crippen LogP contribution in [0.15, 0.2) is 12.7 Å². The molecule has 7 nitrogen and oxygen atoms in total. The SMILES string of the molecule is C=CCC(NC(=O)NCCCC(=O)NC1CC1)C(=O)O. The van der Waals surface area contributed by atoms with Crippen molar-refractivity contribution in [3.05, 3.63) is 12.7 Å². The Balaban J connectivity index is 2.10. The third kappa shape index (κ3) is 6.77. The lowest BCUT2D eigenvalue weighted by Gasteiger charge is -2.13. The summed E-state index contributed by atoms with van der Waals surface area (Å²) >= 11 is 0. The van der Waals surface area contributed by atoms with Gasteiger partial charge in [-0.05, 0) is 25.7 Å². The number of urea groups is 1. The molecule has 0 aliphatic heterocycles. The van der Waals surface area contributed by atoms with Gasteiger partial charge in [0.25, 0.3) is 0 Å². The maximum absolute atomic E-state index is 11.4. The molecule has 0 bridgehead atoms. The van der Waals surface area contributed by atoms with Crippen LogP contribution >= 0.6 is 0 Å². The van der Waals surface area contributed by atoms with Gasteiger partial charge in [0.15, 0.2) is 0 Å². The molecule has 0 saturated heterocycles. The number of hydrogen-bond donors (Lipinski definition) is 4. The fraction of sp³-hybridized carbons (Fsp3) is 0.615. The van der Waals surface area contributed by atoms with E-state index in [2.05, 4.69) is 22.5 Å². The Bertz CT molecular complexity index is 380. The van der Waals surface area contributed by atoms with Crippen LogP contribution in [-0.2, 0) is 9.59 Å². The fourth-order valence-corrected chi connectivity index (χ4v) is 1.58. The number of aliphatic carboxylic acids is 1. The highest BCUT2D eigenvalue weighted by Crippen LogP contribution is 2.18. The zero-order valence-electron chi connectivity index (χ0n) is 11.4. The van der Waals surface area contributed by atoms with Crippen LogP contribution in [0.5, 0.6) is 0 Å². The first-order chi connectivity index (χ1) is 9.52. The van der Waals surface area contributed by atoms with Crippen molar-refractivity contribution in [3.63, 3.8) is 0 Å². The third-order valence-corrected chi connectivity index (χ3v) is 2.81. The van der Waals surface area contributed by atoms with Gasteiger partial charge in [-0.25, -0.2) is 9.59 Å². The number of carboxylic acid groups (broad SMARTS) is 1. The van der Waals surface area contributed by atoms with E-state index < -0.39 is 18.0 Å². The molecule has 1 atom stereocenters. The van der Waals surface area contributed by atoms with Crippen LogP contribution in [0.2, 0.25) is 0 Å². The molecule has 20 heavy (non-hydrogen) atoms. The zero-order chi connectivity index (χ0) is 15.0. The van der Waals surface area contributed by atoms with Crippen molar-refractivity contribution in [2.24, 2.45) is 0 Å². The van der Waals surface area contributed by atoms with Gasteiger partial charge in [0, 0.05) is 19.0 Å². The Morgan fingerprint density at radius 3 is 2.60 bits per heavy atom. The Morgan fingerprint density at radius 2 is 2.05 bits per heavy atom. The summed E-state index contributed by atoms with van der Waals surface area (Å²) in [5.74, 6) is -1.12. The minimum Gasteiger partial charge on any atom is -0.480 e. The molecule has 0 radical (unpaired) electrons. The zero-order valence-corrected chi connectivity index (χ0v) is 11.4. The highest BCUT2D eigenvalue weighted by Gasteiger charge is 2.22. The maximum Gasteiger partial charge on any atom is 0.326 e. The number of hydrogen-bond acceptors (Lipinski definition) is 3. The van der Waals surface area contributed by atoms with Gasteiger partial charge in [-0.1, -0.05) is 6.08 Å². The van der Waals surface area contributed by atoms with Crippen molar-refractivity contribution in [2.45, 2.75) is 44.2 Å². The molecule has 112 valence electrons. The first-order valence-corrected chi connectivity index (χ1v) is 6.70. The van der Waals surface area contributed by atoms with E-state index in [9.17, 15) is 14.4 Å². The first kappa shape index (κ1) is 16.0. The lowest BCUT2D eigenvalue weighted by atomic mass is 10.2. The molecule has 1 fully saturated rings. The summed E-state index contributed by atoms with van der Waals surface area (Å²) in [6.07, 6.45) is 4.56. The molecule has 0 aromatic carbocycles. The van der Waals surface area contributed by atoms with Crippen molar-refractivity contribution < 1.29 is 19.5 Å². The van der Waals surface area contributed by atoms with E-state index in [-0.39, 0.29) is 12.3 Å². The highest BCUT2D eigenvalue weighted by molar-refractivity contribution is 5.82. The van der Waals surface area contributed by atoms with E-state index in [0.717, 1.165) is 12.8 Å². The standard InChI is InChI=1S/C13H21N3O4/c1-2-4-10(12(18)19)16-13(20)14-8-3-5-11(17)15-9-6-7-9/h2,9-10H,1,3-8H2,(H,15,17)(H,18,19)(H2,14,16,20). The molecule has 1 aliphatic rings. The van der Waals surface area contributed by atoms with Gasteiger partial charge in [-0.2, -0.15) is 0 Å². The van der Waals surface area contributed by atoms with E-state index in [0.29, 0.717) is 25.4 Å². The second-order valence-corrected chi connectivity index (χ2v) is 4.76. The van der Waals surface area contributed by atoms with E-state index in [1.807, 2.05) is 0 Å². The smallest absolute Gasteiger partial charge is 0.326 e. The minimum atomic E-state index is -1.11. The van der Waals surface area contributed by atoms with Crippen LogP contribution in [0.3, 0.4) is 0 Å². The Morgan fingerprint density at radius 1 is 1.35 bits per heavy atom. The number of carboxylic acids is 1. The van der Waals surface area contributed by atoms with Crippen LogP contribution in [0.1, 0.15) is 32.1 Å². The summed E-state index contributed by atoms with van der Waals surface area (Å²) in [4.78, 5) is 33.6. The average molecular weight is 283 g/mol. The lowest BCUT2D eigenvalue weighted by molar-refractivity contribution is -0.139. The van der Waals surface area contributed by atoms with E-state index in [1.165, 1.54) is 6.08 Å². The summed E-state index contributed by atoms with van der Waals surface area (Å²) in [6.45, 7) is 3.76. The van der Waals surface area contributed by atoms with Crippen LogP contribution in [0.4, 0.5) is 4.79 Å². The van der Waals surface area contributed by atoms with Crippen molar-refractivity contribution in [2.75, 3.05) is 6.54 Å². The highest BCUT2D eigenvalue weighted by atomic mass is 16.4. The van der Waals surface area contributed by atoms with E-state index in [4.69, 9.17) is 5.11 Å². The number of rotatable bonds is 9. The predicted octanol–water partition coefficient (Wildman–Crippen LogP) is 0.374. The van der Waals surface area contributed by atoms with E-state index in [1.54, 1.807) is 0 Å². The Hall–Kier alpha value is -2.05. The molecular formula is C13H21N3O4. The Labute approximate surface area is 117 Å². The van der Waals surface area contributed by atoms with Crippen molar-refractivity contribution in [1.29, 1.82) is 0 Å². The second-order valence-electron chi connectivity index (χ2n) is 4.76. The molecule has 0 aromatic heterocycles. The van der Waals surface area contributed by atoms with E-state index >= 15 is 0 Å². The lowest BCUT2D eigenvalue weighted by Crippen LogP contribution is -2.46. The van der Waals surface area contributed by atoms with Crippen LogP contribution in [-0.4, -0.2) is 41.6 Å². The Kier molecular flexibility index (Phi) is 6.55. The molecule has 1 unspecified atom stereocenters. The molecule has 1 rings (SSSR count). The van der Waals surface area contributed by atoms with Crippen molar-refractivity contribution in [3.8, 4) is 0 Å². The third-order valence-electron chi connectivity index (χ3n) is 2.81. The maximum atomic E-state index is 11.4. The molecule has 3 amide bonds. The topological polar surface area (TPSA) is 108 Å². The normalized spacial score (nSPS) is 15.0. The first-order valence-electron chi connectivity index (χ1n) is 6.70. The summed E-state index contributed by atoms with van der Waals surface area (Å²) in [5.41, 5.74) is 0. The van der Waals surface area contributed by atoms with Gasteiger partial charge in [-0.15, -0.1) is 6.58 Å². The van der Waals surface area contributed by atoms with Gasteiger partial charge < -0.3 is 21.1 Å². The van der Waals surface area contributed by atoms with Gasteiger partial charge in [0.05, 0.1) is 0 Å². The average Bonchev–Trinajstić information content (AvgIpc) is 3.18. The number of carbonyl (C=O) groups excluding carboxylic acids is 2. The largest absolute Gasteiger partial charge is 0.480 e. The van der Waals surface area contributed by atoms with Crippen LogP contribution in [0, 0.1) is 0 Å². The molecular weight excluding hydrogens is 262 g/mol. The summed E-state index contributed by atoms with van der Waals surface area (Å²) in [7, 11) is 0. The van der Waals surface area contributed by atoms with Crippen LogP contribution in [0.25, 0.3) is 0 Å².